The Morgan fingerprint density at radius 2 is 1.82 bits per heavy atom. The van der Waals surface area contributed by atoms with E-state index in [1.54, 1.807) is 12.1 Å². The van der Waals surface area contributed by atoms with E-state index in [2.05, 4.69) is 10.6 Å². The molecule has 0 aliphatic carbocycles. The number of hydrogen-bond donors (Lipinski definition) is 2. The van der Waals surface area contributed by atoms with Crippen LogP contribution in [0.5, 0.6) is 5.75 Å². The smallest absolute Gasteiger partial charge is 0.416 e. The van der Waals surface area contributed by atoms with Gasteiger partial charge in [0.2, 0.25) is 0 Å². The molecule has 0 bridgehead atoms. The Bertz CT molecular complexity index is 908. The monoisotopic (exact) mass is 392 g/mol. The summed E-state index contributed by atoms with van der Waals surface area (Å²) in [5, 5.41) is 5.28. The number of amides is 2. The molecule has 2 aromatic rings. The van der Waals surface area contributed by atoms with Crippen molar-refractivity contribution in [3.63, 3.8) is 0 Å². The van der Waals surface area contributed by atoms with Crippen LogP contribution in [0.4, 0.5) is 13.2 Å². The Kier molecular flexibility index (Phi) is 5.31. The molecule has 5 nitrogen and oxygen atoms in total. The molecule has 0 aromatic heterocycles. The maximum atomic E-state index is 12.6. The maximum absolute atomic E-state index is 12.6. The average Bonchev–Trinajstić information content (AvgIpc) is 2.79. The highest BCUT2D eigenvalue weighted by molar-refractivity contribution is 5.98. The molecule has 0 spiro atoms. The SMILES string of the molecule is Cc1cc2c(cc1C)C(=O)NC[C@H](C(=O)NCc1ccc(C(F)(F)F)cc1)O2. The fraction of sp³-hybridized carbons (Fsp3) is 0.300. The average molecular weight is 392 g/mol. The van der Waals surface area contributed by atoms with E-state index in [1.165, 1.54) is 12.1 Å². The summed E-state index contributed by atoms with van der Waals surface area (Å²) in [6.07, 6.45) is -5.35. The molecule has 0 saturated carbocycles. The van der Waals surface area contributed by atoms with Gasteiger partial charge in [0.25, 0.3) is 11.8 Å². The number of alkyl halides is 3. The van der Waals surface area contributed by atoms with E-state index in [4.69, 9.17) is 4.74 Å². The van der Waals surface area contributed by atoms with E-state index >= 15 is 0 Å². The standard InChI is InChI=1S/C20H19F3N2O3/c1-11-7-15-16(8-12(11)2)28-17(10-25-18(15)26)19(27)24-9-13-3-5-14(6-4-13)20(21,22)23/h3-8,17H,9-10H2,1-2H3,(H,24,27)(H,25,26)/t17-/m1/s1. The third kappa shape index (κ3) is 4.27. The number of hydrogen-bond acceptors (Lipinski definition) is 3. The molecule has 3 rings (SSSR count). The fourth-order valence-electron chi connectivity index (χ4n) is 2.80. The Balaban J connectivity index is 1.67. The van der Waals surface area contributed by atoms with E-state index < -0.39 is 23.8 Å². The van der Waals surface area contributed by atoms with Gasteiger partial charge in [0.15, 0.2) is 6.10 Å². The molecule has 1 atom stereocenters. The van der Waals surface area contributed by atoms with Crippen LogP contribution in [0.25, 0.3) is 0 Å². The third-order valence-corrected chi connectivity index (χ3v) is 4.60. The number of rotatable bonds is 3. The van der Waals surface area contributed by atoms with Crippen molar-refractivity contribution in [2.24, 2.45) is 0 Å². The molecule has 1 aliphatic rings. The number of carbonyl (C=O) groups is 2. The number of carbonyl (C=O) groups excluding carboxylic acids is 2. The first-order chi connectivity index (χ1) is 13.1. The zero-order chi connectivity index (χ0) is 20.5. The second kappa shape index (κ2) is 7.53. The highest BCUT2D eigenvalue weighted by Gasteiger charge is 2.30. The molecule has 28 heavy (non-hydrogen) atoms. The summed E-state index contributed by atoms with van der Waals surface area (Å²) in [7, 11) is 0. The Hall–Kier alpha value is -3.03. The molecular weight excluding hydrogens is 373 g/mol. The molecule has 1 aliphatic heterocycles. The van der Waals surface area contributed by atoms with Gasteiger partial charge in [-0.05, 0) is 54.8 Å². The van der Waals surface area contributed by atoms with E-state index in [9.17, 15) is 22.8 Å². The molecule has 0 saturated heterocycles. The minimum atomic E-state index is -4.40. The van der Waals surface area contributed by atoms with Crippen LogP contribution in [0.3, 0.4) is 0 Å². The van der Waals surface area contributed by atoms with Crippen LogP contribution in [-0.2, 0) is 17.5 Å². The van der Waals surface area contributed by atoms with Crippen LogP contribution in [0, 0.1) is 13.8 Å². The summed E-state index contributed by atoms with van der Waals surface area (Å²) in [6.45, 7) is 3.79. The normalized spacial score (nSPS) is 16.5. The number of halogens is 3. The molecule has 0 unspecified atom stereocenters. The quantitative estimate of drug-likeness (QED) is 0.844. The topological polar surface area (TPSA) is 67.4 Å². The van der Waals surface area contributed by atoms with Crippen LogP contribution in [0.1, 0.15) is 32.6 Å². The number of benzene rings is 2. The van der Waals surface area contributed by atoms with Crippen molar-refractivity contribution >= 4 is 11.8 Å². The van der Waals surface area contributed by atoms with Crippen molar-refractivity contribution in [3.8, 4) is 5.75 Å². The van der Waals surface area contributed by atoms with Crippen molar-refractivity contribution in [1.29, 1.82) is 0 Å². The van der Waals surface area contributed by atoms with Gasteiger partial charge in [-0.15, -0.1) is 0 Å². The minimum absolute atomic E-state index is 0.00947. The molecular formula is C20H19F3N2O3. The first kappa shape index (κ1) is 19.7. The molecule has 1 heterocycles. The summed E-state index contributed by atoms with van der Waals surface area (Å²) in [5.41, 5.74) is 1.99. The molecule has 8 heteroatoms. The highest BCUT2D eigenvalue weighted by atomic mass is 19.4. The molecule has 0 fully saturated rings. The Morgan fingerprint density at radius 3 is 2.46 bits per heavy atom. The van der Waals surface area contributed by atoms with Crippen molar-refractivity contribution < 1.29 is 27.5 Å². The number of ether oxygens (including phenoxy) is 1. The highest BCUT2D eigenvalue weighted by Crippen LogP contribution is 2.29. The van der Waals surface area contributed by atoms with Crippen LogP contribution < -0.4 is 15.4 Å². The van der Waals surface area contributed by atoms with Crippen molar-refractivity contribution in [1.82, 2.24) is 10.6 Å². The van der Waals surface area contributed by atoms with Gasteiger partial charge in [-0.2, -0.15) is 13.2 Å². The maximum Gasteiger partial charge on any atom is 0.416 e. The summed E-state index contributed by atoms with van der Waals surface area (Å²) < 4.78 is 43.5. The van der Waals surface area contributed by atoms with Gasteiger partial charge in [-0.3, -0.25) is 9.59 Å². The predicted octanol–water partition coefficient (Wildman–Crippen LogP) is 3.13. The first-order valence-electron chi connectivity index (χ1n) is 8.65. The second-order valence-electron chi connectivity index (χ2n) is 6.66. The Labute approximate surface area is 159 Å². The van der Waals surface area contributed by atoms with E-state index in [0.717, 1.165) is 23.3 Å². The molecule has 148 valence electrons. The summed E-state index contributed by atoms with van der Waals surface area (Å²) in [4.78, 5) is 24.7. The predicted molar refractivity (Wildman–Crippen MR) is 96.0 cm³/mol. The van der Waals surface area contributed by atoms with E-state index in [1.807, 2.05) is 13.8 Å². The lowest BCUT2D eigenvalue weighted by Gasteiger charge is -2.17. The van der Waals surface area contributed by atoms with Gasteiger partial charge < -0.3 is 15.4 Å². The number of fused-ring (bicyclic) bond motifs is 1. The zero-order valence-corrected chi connectivity index (χ0v) is 15.3. The van der Waals surface area contributed by atoms with Gasteiger partial charge in [0.1, 0.15) is 5.75 Å². The van der Waals surface area contributed by atoms with Gasteiger partial charge in [0, 0.05) is 6.54 Å². The summed E-state index contributed by atoms with van der Waals surface area (Å²) in [6, 6.07) is 7.96. The summed E-state index contributed by atoms with van der Waals surface area (Å²) >= 11 is 0. The molecule has 2 amide bonds. The van der Waals surface area contributed by atoms with Crippen LogP contribution in [0.2, 0.25) is 0 Å². The third-order valence-electron chi connectivity index (χ3n) is 4.60. The molecule has 2 aromatic carbocycles. The van der Waals surface area contributed by atoms with Crippen LogP contribution in [-0.4, -0.2) is 24.5 Å². The summed E-state index contributed by atoms with van der Waals surface area (Å²) in [5.74, 6) is -0.463. The van der Waals surface area contributed by atoms with Gasteiger partial charge in [0.05, 0.1) is 17.7 Å². The van der Waals surface area contributed by atoms with Gasteiger partial charge in [-0.1, -0.05) is 12.1 Å². The lowest BCUT2D eigenvalue weighted by Crippen LogP contribution is -2.44. The van der Waals surface area contributed by atoms with E-state index in [-0.39, 0.29) is 19.0 Å². The van der Waals surface area contributed by atoms with Crippen LogP contribution >= 0.6 is 0 Å². The number of nitrogens with one attached hydrogen (secondary N) is 2. The van der Waals surface area contributed by atoms with Crippen molar-refractivity contribution in [2.45, 2.75) is 32.7 Å². The van der Waals surface area contributed by atoms with Crippen LogP contribution in [0.15, 0.2) is 36.4 Å². The fourth-order valence-corrected chi connectivity index (χ4v) is 2.80. The van der Waals surface area contributed by atoms with E-state index in [0.29, 0.717) is 16.9 Å². The lowest BCUT2D eigenvalue weighted by molar-refractivity contribution is -0.137. The molecule has 2 N–H and O–H groups in total. The lowest BCUT2D eigenvalue weighted by atomic mass is 10.0. The van der Waals surface area contributed by atoms with Crippen molar-refractivity contribution in [2.75, 3.05) is 6.54 Å². The minimum Gasteiger partial charge on any atom is -0.478 e. The number of aryl methyl sites for hydroxylation is 2. The van der Waals surface area contributed by atoms with Gasteiger partial charge in [-0.25, -0.2) is 0 Å². The second-order valence-corrected chi connectivity index (χ2v) is 6.66. The van der Waals surface area contributed by atoms with Crippen molar-refractivity contribution in [3.05, 3.63) is 64.2 Å². The Morgan fingerprint density at radius 1 is 1.18 bits per heavy atom. The zero-order valence-electron chi connectivity index (χ0n) is 15.3. The van der Waals surface area contributed by atoms with Gasteiger partial charge >= 0.3 is 6.18 Å². The largest absolute Gasteiger partial charge is 0.478 e. The first-order valence-corrected chi connectivity index (χ1v) is 8.65. The molecule has 0 radical (unpaired) electrons.